The van der Waals surface area contributed by atoms with E-state index in [-0.39, 0.29) is 0 Å². The predicted molar refractivity (Wildman–Crippen MR) is 62.6 cm³/mol. The highest BCUT2D eigenvalue weighted by Crippen LogP contribution is 2.09. The average Bonchev–Trinajstić information content (AvgIpc) is 2.15. The molecule has 0 unspecified atom stereocenters. The van der Waals surface area contributed by atoms with Crippen LogP contribution in [-0.2, 0) is 4.79 Å². The predicted octanol–water partition coefficient (Wildman–Crippen LogP) is 4.45. The van der Waals surface area contributed by atoms with Crippen LogP contribution in [0.4, 0.5) is 0 Å². The molecule has 1 nitrogen and oxygen atoms in total. The highest BCUT2D eigenvalue weighted by atomic mass is 35.5. The zero-order chi connectivity index (χ0) is 10.6. The number of carbonyl (C=O) groups is 1. The Kier molecular flexibility index (Phi) is 10.5. The topological polar surface area (TPSA) is 17.1 Å². The van der Waals surface area contributed by atoms with E-state index in [4.69, 9.17) is 11.6 Å². The highest BCUT2D eigenvalue weighted by Gasteiger charge is 1.93. The second-order valence-electron chi connectivity index (χ2n) is 3.72. The van der Waals surface area contributed by atoms with E-state index in [2.05, 4.69) is 0 Å². The van der Waals surface area contributed by atoms with Gasteiger partial charge in [0.25, 0.3) is 0 Å². The molecule has 2 heteroatoms. The number of rotatable bonds is 9. The normalized spacial score (nSPS) is 11.0. The van der Waals surface area contributed by atoms with E-state index in [1.165, 1.54) is 32.1 Å². The molecule has 0 heterocycles. The van der Waals surface area contributed by atoms with Crippen molar-refractivity contribution in [3.8, 4) is 0 Å². The zero-order valence-electron chi connectivity index (χ0n) is 9.10. The smallest absolute Gasteiger partial charge is 0.129 e. The third-order valence-electron chi connectivity index (χ3n) is 2.24. The first-order chi connectivity index (χ1) is 6.77. The first-order valence-corrected chi connectivity index (χ1v) is 5.95. The van der Waals surface area contributed by atoms with Crippen LogP contribution in [0.1, 0.15) is 58.3 Å². The second kappa shape index (κ2) is 10.8. The molecule has 0 spiro atoms. The number of hydrogen-bond acceptors (Lipinski definition) is 1. The van der Waals surface area contributed by atoms with Gasteiger partial charge in [0.05, 0.1) is 0 Å². The minimum Gasteiger partial charge on any atom is -0.300 e. The monoisotopic (exact) mass is 216 g/mol. The summed E-state index contributed by atoms with van der Waals surface area (Å²) in [5, 5.41) is 0. The van der Waals surface area contributed by atoms with E-state index in [0.29, 0.717) is 5.78 Å². The molecule has 0 aromatic heterocycles. The molecule has 0 saturated carbocycles. The summed E-state index contributed by atoms with van der Waals surface area (Å²) in [7, 11) is 0. The number of carbonyl (C=O) groups excluding carboxylic acids is 1. The fourth-order valence-electron chi connectivity index (χ4n) is 1.41. The fraction of sp³-hybridized carbons (Fsp3) is 0.750. The average molecular weight is 217 g/mol. The maximum absolute atomic E-state index is 10.6. The Hall–Kier alpha value is -0.300. The lowest BCUT2D eigenvalue weighted by atomic mass is 10.1. The van der Waals surface area contributed by atoms with Crippen molar-refractivity contribution in [2.45, 2.75) is 58.3 Å². The van der Waals surface area contributed by atoms with Crippen molar-refractivity contribution >= 4 is 17.4 Å². The minimum atomic E-state index is 0.317. The van der Waals surface area contributed by atoms with Crippen molar-refractivity contribution in [2.75, 3.05) is 0 Å². The Morgan fingerprint density at radius 1 is 1.07 bits per heavy atom. The van der Waals surface area contributed by atoms with Crippen molar-refractivity contribution in [1.29, 1.82) is 0 Å². The van der Waals surface area contributed by atoms with Crippen LogP contribution in [0, 0.1) is 0 Å². The van der Waals surface area contributed by atoms with E-state index in [9.17, 15) is 4.79 Å². The van der Waals surface area contributed by atoms with Gasteiger partial charge in [0.1, 0.15) is 5.78 Å². The molecular weight excluding hydrogens is 196 g/mol. The highest BCUT2D eigenvalue weighted by molar-refractivity contribution is 6.25. The SMILES string of the molecule is CC(=O)CCCCCCCC/C=C/Cl. The standard InChI is InChI=1S/C12H21ClO/c1-12(14)10-8-6-4-2-3-5-7-9-11-13/h9,11H,2-8,10H2,1H3/b11-9+. The van der Waals surface area contributed by atoms with Gasteiger partial charge in [0.15, 0.2) is 0 Å². The number of ketones is 1. The number of allylic oxidation sites excluding steroid dienone is 1. The lowest BCUT2D eigenvalue weighted by Crippen LogP contribution is -1.89. The van der Waals surface area contributed by atoms with Gasteiger partial charge in [-0.1, -0.05) is 43.4 Å². The van der Waals surface area contributed by atoms with Gasteiger partial charge in [0.2, 0.25) is 0 Å². The Balaban J connectivity index is 2.95. The van der Waals surface area contributed by atoms with Crippen LogP contribution in [-0.4, -0.2) is 5.78 Å². The Morgan fingerprint density at radius 2 is 1.64 bits per heavy atom. The molecule has 0 fully saturated rings. The van der Waals surface area contributed by atoms with Gasteiger partial charge in [-0.25, -0.2) is 0 Å². The molecule has 0 aromatic carbocycles. The van der Waals surface area contributed by atoms with E-state index in [1.807, 2.05) is 6.08 Å². The van der Waals surface area contributed by atoms with Crippen molar-refractivity contribution in [2.24, 2.45) is 0 Å². The summed E-state index contributed by atoms with van der Waals surface area (Å²) in [6.07, 6.45) is 11.2. The first kappa shape index (κ1) is 13.7. The van der Waals surface area contributed by atoms with Crippen molar-refractivity contribution in [3.05, 3.63) is 11.6 Å². The van der Waals surface area contributed by atoms with Gasteiger partial charge in [-0.15, -0.1) is 0 Å². The molecule has 0 N–H and O–H groups in total. The van der Waals surface area contributed by atoms with Gasteiger partial charge >= 0.3 is 0 Å². The van der Waals surface area contributed by atoms with Crippen molar-refractivity contribution in [3.63, 3.8) is 0 Å². The van der Waals surface area contributed by atoms with Gasteiger partial charge in [-0.3, -0.25) is 0 Å². The van der Waals surface area contributed by atoms with Crippen LogP contribution in [0.2, 0.25) is 0 Å². The van der Waals surface area contributed by atoms with Gasteiger partial charge in [0, 0.05) is 12.0 Å². The molecule has 0 bridgehead atoms. The van der Waals surface area contributed by atoms with Crippen molar-refractivity contribution in [1.82, 2.24) is 0 Å². The molecule has 0 aliphatic rings. The molecule has 82 valence electrons. The molecule has 0 aromatic rings. The van der Waals surface area contributed by atoms with Crippen LogP contribution < -0.4 is 0 Å². The molecule has 0 atom stereocenters. The Labute approximate surface area is 92.5 Å². The molecule has 0 saturated heterocycles. The van der Waals surface area contributed by atoms with Gasteiger partial charge in [-0.05, 0) is 26.2 Å². The Bertz CT molecular complexity index is 164. The molecule has 0 radical (unpaired) electrons. The van der Waals surface area contributed by atoms with Crippen LogP contribution in [0.5, 0.6) is 0 Å². The fourth-order valence-corrected chi connectivity index (χ4v) is 1.53. The summed E-state index contributed by atoms with van der Waals surface area (Å²) in [5.74, 6) is 0.317. The summed E-state index contributed by atoms with van der Waals surface area (Å²) in [4.78, 5) is 10.6. The third kappa shape index (κ3) is 11.7. The molecule has 0 aliphatic carbocycles. The van der Waals surface area contributed by atoms with Gasteiger partial charge in [-0.2, -0.15) is 0 Å². The van der Waals surface area contributed by atoms with E-state index in [0.717, 1.165) is 19.3 Å². The molecule has 14 heavy (non-hydrogen) atoms. The van der Waals surface area contributed by atoms with E-state index in [1.54, 1.807) is 12.5 Å². The third-order valence-corrected chi connectivity index (χ3v) is 2.42. The number of halogens is 1. The molecular formula is C12H21ClO. The lowest BCUT2D eigenvalue weighted by Gasteiger charge is -1.99. The van der Waals surface area contributed by atoms with Crippen molar-refractivity contribution < 1.29 is 4.79 Å². The quantitative estimate of drug-likeness (QED) is 0.521. The summed E-state index contributed by atoms with van der Waals surface area (Å²) >= 11 is 5.40. The van der Waals surface area contributed by atoms with E-state index >= 15 is 0 Å². The van der Waals surface area contributed by atoms with Crippen LogP contribution in [0.25, 0.3) is 0 Å². The lowest BCUT2D eigenvalue weighted by molar-refractivity contribution is -0.117. The Morgan fingerprint density at radius 3 is 2.21 bits per heavy atom. The largest absolute Gasteiger partial charge is 0.300 e. The van der Waals surface area contributed by atoms with Crippen LogP contribution >= 0.6 is 11.6 Å². The maximum Gasteiger partial charge on any atom is 0.129 e. The minimum absolute atomic E-state index is 0.317. The first-order valence-electron chi connectivity index (χ1n) is 5.52. The number of Topliss-reactive ketones (excluding diaryl/α,β-unsaturated/α-hetero) is 1. The molecule has 0 rings (SSSR count). The van der Waals surface area contributed by atoms with Crippen LogP contribution in [0.15, 0.2) is 11.6 Å². The number of hydrogen-bond donors (Lipinski definition) is 0. The summed E-state index contributed by atoms with van der Waals surface area (Å²) in [5.41, 5.74) is 1.59. The summed E-state index contributed by atoms with van der Waals surface area (Å²) < 4.78 is 0. The second-order valence-corrected chi connectivity index (χ2v) is 3.98. The summed E-state index contributed by atoms with van der Waals surface area (Å²) in [6.45, 7) is 1.67. The maximum atomic E-state index is 10.6. The number of unbranched alkanes of at least 4 members (excludes halogenated alkanes) is 6. The zero-order valence-corrected chi connectivity index (χ0v) is 9.85. The van der Waals surface area contributed by atoms with E-state index < -0.39 is 0 Å². The molecule has 0 aliphatic heterocycles. The van der Waals surface area contributed by atoms with Gasteiger partial charge < -0.3 is 4.79 Å². The molecule has 0 amide bonds. The van der Waals surface area contributed by atoms with Crippen LogP contribution in [0.3, 0.4) is 0 Å². The summed E-state index contributed by atoms with van der Waals surface area (Å²) in [6, 6.07) is 0.